The molecule has 2 aliphatic heterocycles. The highest BCUT2D eigenvalue weighted by Gasteiger charge is 2.37. The highest BCUT2D eigenvalue weighted by molar-refractivity contribution is 6.11. The predicted molar refractivity (Wildman–Crippen MR) is 142 cm³/mol. The van der Waals surface area contributed by atoms with Crippen molar-refractivity contribution in [3.63, 3.8) is 0 Å². The molecular weight excluding hydrogens is 504 g/mol. The predicted octanol–water partition coefficient (Wildman–Crippen LogP) is 3.95. The molecule has 9 nitrogen and oxygen atoms in total. The molecule has 5 heterocycles. The van der Waals surface area contributed by atoms with Crippen LogP contribution in [0.5, 0.6) is 0 Å². The van der Waals surface area contributed by atoms with Gasteiger partial charge < -0.3 is 10.1 Å². The minimum Gasteiger partial charge on any atom is -0.379 e. The number of amides is 1. The third-order valence-corrected chi connectivity index (χ3v) is 7.13. The van der Waals surface area contributed by atoms with Gasteiger partial charge in [-0.25, -0.2) is 8.78 Å². The Hall–Kier alpha value is -3.80. The number of halogens is 2. The first-order valence-corrected chi connectivity index (χ1v) is 13.0. The first-order chi connectivity index (χ1) is 18.9. The molecule has 39 heavy (non-hydrogen) atoms. The van der Waals surface area contributed by atoms with Crippen LogP contribution >= 0.6 is 0 Å². The van der Waals surface area contributed by atoms with Gasteiger partial charge in [-0.3, -0.25) is 29.7 Å². The molecule has 0 atom stereocenters. The molecule has 11 heteroatoms. The smallest absolute Gasteiger partial charge is 0.276 e. The maximum atomic E-state index is 13.6. The first-order valence-electron chi connectivity index (χ1n) is 13.0. The second kappa shape index (κ2) is 10.8. The number of rotatable bonds is 7. The number of carbonyl (C=O) groups is 1. The molecule has 0 radical (unpaired) electrons. The lowest BCUT2D eigenvalue weighted by atomic mass is 10.0. The molecule has 2 aliphatic rings. The molecule has 2 N–H and O–H groups in total. The maximum Gasteiger partial charge on any atom is 0.276 e. The quantitative estimate of drug-likeness (QED) is 0.371. The molecule has 1 aromatic carbocycles. The van der Waals surface area contributed by atoms with Crippen LogP contribution in [-0.2, 0) is 17.8 Å². The van der Waals surface area contributed by atoms with Crippen molar-refractivity contribution in [2.75, 3.05) is 44.7 Å². The largest absolute Gasteiger partial charge is 0.379 e. The molecule has 2 saturated heterocycles. The number of carbonyl (C=O) groups excluding carboxylic acids is 1. The average Bonchev–Trinajstić information content (AvgIpc) is 3.52. The van der Waals surface area contributed by atoms with Crippen LogP contribution in [0.1, 0.15) is 28.2 Å². The van der Waals surface area contributed by atoms with E-state index in [1.165, 1.54) is 0 Å². The van der Waals surface area contributed by atoms with Crippen molar-refractivity contribution < 1.29 is 18.3 Å². The van der Waals surface area contributed by atoms with Crippen molar-refractivity contribution in [2.24, 2.45) is 0 Å². The number of hydrogen-bond donors (Lipinski definition) is 2. The summed E-state index contributed by atoms with van der Waals surface area (Å²) in [5.74, 6) is -2.97. The summed E-state index contributed by atoms with van der Waals surface area (Å²) < 4.78 is 32.6. The van der Waals surface area contributed by atoms with E-state index in [0.29, 0.717) is 24.2 Å². The Bertz CT molecular complexity index is 1470. The van der Waals surface area contributed by atoms with Crippen molar-refractivity contribution in [3.8, 4) is 11.1 Å². The zero-order chi connectivity index (χ0) is 26.8. The number of aromatic amines is 1. The Labute approximate surface area is 224 Å². The van der Waals surface area contributed by atoms with Crippen LogP contribution in [-0.4, -0.2) is 81.2 Å². The fraction of sp³-hybridized carbons (Fsp3) is 0.357. The molecule has 0 spiro atoms. The van der Waals surface area contributed by atoms with Crippen molar-refractivity contribution in [1.82, 2.24) is 30.0 Å². The number of alkyl halides is 2. The second-order valence-corrected chi connectivity index (χ2v) is 10.1. The summed E-state index contributed by atoms with van der Waals surface area (Å²) in [6.45, 7) is 4.51. The number of aromatic nitrogens is 4. The van der Waals surface area contributed by atoms with Crippen LogP contribution < -0.4 is 5.32 Å². The molecule has 202 valence electrons. The van der Waals surface area contributed by atoms with Crippen LogP contribution in [0, 0.1) is 0 Å². The Kier molecular flexibility index (Phi) is 7.03. The SMILES string of the molecule is O=C(Nc1ccc(CN2CCOCC2)nc1)c1n[nH]c2ccc(-c3cncc(CN4CCC(F)(F)C4)c3)cc12. The van der Waals surface area contributed by atoms with Crippen LogP contribution in [0.2, 0.25) is 0 Å². The highest BCUT2D eigenvalue weighted by Crippen LogP contribution is 2.29. The number of ether oxygens (including phenoxy) is 1. The number of H-pyrrole nitrogens is 1. The summed E-state index contributed by atoms with van der Waals surface area (Å²) in [4.78, 5) is 26.0. The minimum atomic E-state index is -2.63. The number of hydrogen-bond acceptors (Lipinski definition) is 7. The third-order valence-electron chi connectivity index (χ3n) is 7.13. The molecule has 0 bridgehead atoms. The minimum absolute atomic E-state index is 0.114. The molecule has 2 fully saturated rings. The standard InChI is InChI=1S/C28H29F2N7O2/c29-28(30)5-6-37(18-28)16-19-11-21(14-31-13-19)20-1-4-25-24(12-20)26(35-34-25)27(38)33-22-2-3-23(32-15-22)17-36-7-9-39-10-8-36/h1-4,11-15H,5-10,16-18H2,(H,33,38)(H,34,35). The molecular formula is C28H29F2N7O2. The Morgan fingerprint density at radius 3 is 2.64 bits per heavy atom. The Morgan fingerprint density at radius 2 is 1.87 bits per heavy atom. The van der Waals surface area contributed by atoms with E-state index < -0.39 is 5.92 Å². The zero-order valence-corrected chi connectivity index (χ0v) is 21.4. The average molecular weight is 534 g/mol. The summed E-state index contributed by atoms with van der Waals surface area (Å²) >= 11 is 0. The van der Waals surface area contributed by atoms with Crippen molar-refractivity contribution in [2.45, 2.75) is 25.4 Å². The van der Waals surface area contributed by atoms with Gasteiger partial charge in [0.15, 0.2) is 5.69 Å². The van der Waals surface area contributed by atoms with Crippen molar-refractivity contribution in [3.05, 3.63) is 71.9 Å². The van der Waals surface area contributed by atoms with Gasteiger partial charge in [0.05, 0.1) is 42.9 Å². The number of anilines is 1. The number of likely N-dealkylation sites (tertiary alicyclic amines) is 1. The number of pyridine rings is 2. The van der Waals surface area contributed by atoms with E-state index in [-0.39, 0.29) is 24.6 Å². The summed E-state index contributed by atoms with van der Waals surface area (Å²) in [7, 11) is 0. The van der Waals surface area contributed by atoms with Crippen molar-refractivity contribution in [1.29, 1.82) is 0 Å². The van der Waals surface area contributed by atoms with E-state index in [9.17, 15) is 13.6 Å². The van der Waals surface area contributed by atoms with Gasteiger partial charge in [0, 0.05) is 62.5 Å². The maximum absolute atomic E-state index is 13.6. The third kappa shape index (κ3) is 5.95. The topological polar surface area (TPSA) is 99.3 Å². The van der Waals surface area contributed by atoms with Crippen LogP contribution in [0.4, 0.5) is 14.5 Å². The molecule has 1 amide bonds. The lowest BCUT2D eigenvalue weighted by Gasteiger charge is -2.26. The van der Waals surface area contributed by atoms with Gasteiger partial charge >= 0.3 is 0 Å². The van der Waals surface area contributed by atoms with Crippen LogP contribution in [0.25, 0.3) is 22.0 Å². The number of morpholine rings is 1. The molecule has 0 unspecified atom stereocenters. The van der Waals surface area contributed by atoms with Crippen LogP contribution in [0.3, 0.4) is 0 Å². The fourth-order valence-electron chi connectivity index (χ4n) is 5.07. The normalized spacial score (nSPS) is 18.0. The number of fused-ring (bicyclic) bond motifs is 1. The number of nitrogens with zero attached hydrogens (tertiary/aromatic N) is 5. The van der Waals surface area contributed by atoms with E-state index in [4.69, 9.17) is 4.74 Å². The van der Waals surface area contributed by atoms with E-state index >= 15 is 0 Å². The van der Waals surface area contributed by atoms with E-state index in [0.717, 1.165) is 60.7 Å². The zero-order valence-electron chi connectivity index (χ0n) is 21.4. The summed E-state index contributed by atoms with van der Waals surface area (Å²) in [5, 5.41) is 10.7. The van der Waals surface area contributed by atoms with Crippen LogP contribution in [0.15, 0.2) is 55.0 Å². The van der Waals surface area contributed by atoms with Gasteiger partial charge in [0.2, 0.25) is 0 Å². The Balaban J connectivity index is 1.16. The number of nitrogens with one attached hydrogen (secondary N) is 2. The van der Waals surface area contributed by atoms with Gasteiger partial charge in [-0.2, -0.15) is 5.10 Å². The van der Waals surface area contributed by atoms with Gasteiger partial charge in [0.25, 0.3) is 11.8 Å². The molecule has 3 aromatic heterocycles. The van der Waals surface area contributed by atoms with E-state index in [2.05, 4.69) is 30.4 Å². The van der Waals surface area contributed by atoms with Gasteiger partial charge in [0.1, 0.15) is 0 Å². The van der Waals surface area contributed by atoms with Gasteiger partial charge in [-0.1, -0.05) is 6.07 Å². The fourth-order valence-corrected chi connectivity index (χ4v) is 5.07. The summed E-state index contributed by atoms with van der Waals surface area (Å²) in [5.41, 5.74) is 5.07. The molecule has 0 aliphatic carbocycles. The lowest BCUT2D eigenvalue weighted by molar-refractivity contribution is 0.0115. The number of benzene rings is 1. The highest BCUT2D eigenvalue weighted by atomic mass is 19.3. The Morgan fingerprint density at radius 1 is 1.00 bits per heavy atom. The lowest BCUT2D eigenvalue weighted by Crippen LogP contribution is -2.35. The molecule has 0 saturated carbocycles. The van der Waals surface area contributed by atoms with Crippen molar-refractivity contribution >= 4 is 22.5 Å². The summed E-state index contributed by atoms with van der Waals surface area (Å²) in [6.07, 6.45) is 4.97. The second-order valence-electron chi connectivity index (χ2n) is 10.1. The van der Waals surface area contributed by atoms with Gasteiger partial charge in [-0.15, -0.1) is 0 Å². The molecule has 4 aromatic rings. The van der Waals surface area contributed by atoms with E-state index in [1.807, 2.05) is 36.4 Å². The van der Waals surface area contributed by atoms with E-state index in [1.54, 1.807) is 23.5 Å². The first kappa shape index (κ1) is 25.5. The molecule has 6 rings (SSSR count). The van der Waals surface area contributed by atoms with Gasteiger partial charge in [-0.05, 0) is 41.5 Å². The summed E-state index contributed by atoms with van der Waals surface area (Å²) in [6, 6.07) is 11.4. The monoisotopic (exact) mass is 533 g/mol.